The summed E-state index contributed by atoms with van der Waals surface area (Å²) in [5.74, 6) is -0.116. The molecule has 0 aromatic heterocycles. The molecule has 0 heterocycles. The molecule has 0 aliphatic rings. The third-order valence-electron chi connectivity index (χ3n) is 3.16. The highest BCUT2D eigenvalue weighted by Crippen LogP contribution is 2.37. The summed E-state index contributed by atoms with van der Waals surface area (Å²) < 4.78 is 43.8. The van der Waals surface area contributed by atoms with E-state index in [0.29, 0.717) is 0 Å². The minimum absolute atomic E-state index is 0.0815. The number of nitrogens with one attached hydrogen (secondary N) is 1. The maximum Gasteiger partial charge on any atom is 0.416 e. The van der Waals surface area contributed by atoms with Gasteiger partial charge in [0.15, 0.2) is 5.75 Å². The Kier molecular flexibility index (Phi) is 4.79. The van der Waals surface area contributed by atoms with Crippen molar-refractivity contribution in [1.29, 1.82) is 5.26 Å². The molecule has 2 aromatic carbocycles. The number of benzene rings is 2. The highest BCUT2D eigenvalue weighted by atomic mass is 19.4. The largest absolute Gasteiger partial charge is 0.454 e. The molecule has 0 saturated carbocycles. The maximum atomic E-state index is 12.7. The average molecular weight is 334 g/mol. The van der Waals surface area contributed by atoms with E-state index in [9.17, 15) is 23.2 Å². The zero-order valence-electron chi connectivity index (χ0n) is 12.9. The number of hydrogen-bond acceptors (Lipinski definition) is 3. The second kappa shape index (κ2) is 6.62. The first-order valence-electron chi connectivity index (χ1n) is 6.88. The molecule has 0 spiro atoms. The molecule has 7 heteroatoms. The number of nitriles is 1. The quantitative estimate of drug-likeness (QED) is 0.890. The Bertz CT molecular complexity index is 824. The zero-order chi connectivity index (χ0) is 17.9. The Labute approximate surface area is 136 Å². The summed E-state index contributed by atoms with van der Waals surface area (Å²) in [6.45, 7) is 2.77. The van der Waals surface area contributed by atoms with Gasteiger partial charge in [-0.05, 0) is 42.8 Å². The summed E-state index contributed by atoms with van der Waals surface area (Å²) >= 11 is 0. The lowest BCUT2D eigenvalue weighted by molar-refractivity contribution is -0.137. The van der Waals surface area contributed by atoms with Crippen LogP contribution in [0.2, 0.25) is 0 Å². The number of halogens is 3. The van der Waals surface area contributed by atoms with E-state index in [4.69, 9.17) is 4.74 Å². The van der Waals surface area contributed by atoms with Crippen molar-refractivity contribution in [3.63, 3.8) is 0 Å². The van der Waals surface area contributed by atoms with Gasteiger partial charge in [-0.2, -0.15) is 18.4 Å². The molecule has 4 nitrogen and oxygen atoms in total. The van der Waals surface area contributed by atoms with Gasteiger partial charge < -0.3 is 10.1 Å². The fourth-order valence-electron chi connectivity index (χ4n) is 2.07. The van der Waals surface area contributed by atoms with E-state index in [1.54, 1.807) is 6.07 Å². The number of alkyl halides is 3. The monoisotopic (exact) mass is 334 g/mol. The summed E-state index contributed by atoms with van der Waals surface area (Å²) in [4.78, 5) is 11.3. The van der Waals surface area contributed by atoms with Crippen molar-refractivity contribution >= 4 is 11.6 Å². The number of rotatable bonds is 3. The minimum atomic E-state index is -4.45. The molecule has 0 atom stereocenters. The van der Waals surface area contributed by atoms with Crippen LogP contribution >= 0.6 is 0 Å². The maximum absolute atomic E-state index is 12.7. The first kappa shape index (κ1) is 17.3. The van der Waals surface area contributed by atoms with Crippen LogP contribution in [0.1, 0.15) is 23.6 Å². The molecule has 0 fully saturated rings. The molecule has 2 rings (SSSR count). The minimum Gasteiger partial charge on any atom is -0.454 e. The van der Waals surface area contributed by atoms with E-state index in [0.717, 1.165) is 12.1 Å². The van der Waals surface area contributed by atoms with Crippen LogP contribution < -0.4 is 10.1 Å². The number of para-hydroxylation sites is 1. The lowest BCUT2D eigenvalue weighted by Crippen LogP contribution is -2.08. The fourth-order valence-corrected chi connectivity index (χ4v) is 2.07. The molecule has 0 bridgehead atoms. The Hall–Kier alpha value is -3.01. The smallest absolute Gasteiger partial charge is 0.416 e. The van der Waals surface area contributed by atoms with Crippen LogP contribution in [0.4, 0.5) is 18.9 Å². The SMILES string of the molecule is CC(=O)Nc1cccc(C#N)c1Oc1ccc(C(F)(F)F)cc1C. The Morgan fingerprint density at radius 2 is 1.96 bits per heavy atom. The highest BCUT2D eigenvalue weighted by Gasteiger charge is 2.30. The normalized spacial score (nSPS) is 10.8. The predicted molar refractivity (Wildman–Crippen MR) is 81.7 cm³/mol. The summed E-state index contributed by atoms with van der Waals surface area (Å²) in [7, 11) is 0. The summed E-state index contributed by atoms with van der Waals surface area (Å²) in [6, 6.07) is 9.56. The van der Waals surface area contributed by atoms with Crippen molar-refractivity contribution < 1.29 is 22.7 Å². The van der Waals surface area contributed by atoms with Crippen LogP contribution in [-0.4, -0.2) is 5.91 Å². The average Bonchev–Trinajstić information content (AvgIpc) is 2.49. The third-order valence-corrected chi connectivity index (χ3v) is 3.16. The van der Waals surface area contributed by atoms with Crippen molar-refractivity contribution in [2.75, 3.05) is 5.32 Å². The fraction of sp³-hybridized carbons (Fsp3) is 0.176. The van der Waals surface area contributed by atoms with Gasteiger partial charge in [-0.3, -0.25) is 4.79 Å². The third kappa shape index (κ3) is 3.84. The van der Waals surface area contributed by atoms with Crippen molar-refractivity contribution in [2.24, 2.45) is 0 Å². The molecule has 1 N–H and O–H groups in total. The van der Waals surface area contributed by atoms with Gasteiger partial charge in [-0.15, -0.1) is 0 Å². The number of carbonyl (C=O) groups excluding carboxylic acids is 1. The van der Waals surface area contributed by atoms with Crippen LogP contribution in [0.25, 0.3) is 0 Å². The second-order valence-corrected chi connectivity index (χ2v) is 5.06. The number of carbonyl (C=O) groups is 1. The first-order chi connectivity index (χ1) is 11.2. The lowest BCUT2D eigenvalue weighted by atomic mass is 10.1. The van der Waals surface area contributed by atoms with Crippen LogP contribution in [0.5, 0.6) is 11.5 Å². The summed E-state index contributed by atoms with van der Waals surface area (Å²) in [6.07, 6.45) is -4.45. The Morgan fingerprint density at radius 3 is 2.50 bits per heavy atom. The van der Waals surface area contributed by atoms with E-state index in [-0.39, 0.29) is 34.2 Å². The molecule has 0 saturated heterocycles. The van der Waals surface area contributed by atoms with Crippen molar-refractivity contribution in [3.05, 3.63) is 53.1 Å². The molecular formula is C17H13F3N2O2. The topological polar surface area (TPSA) is 62.1 Å². The van der Waals surface area contributed by atoms with Gasteiger partial charge in [0.1, 0.15) is 11.8 Å². The number of amides is 1. The number of hydrogen-bond donors (Lipinski definition) is 1. The summed E-state index contributed by atoms with van der Waals surface area (Å²) in [5, 5.41) is 11.7. The van der Waals surface area contributed by atoms with Crippen LogP contribution in [0, 0.1) is 18.3 Å². The molecule has 24 heavy (non-hydrogen) atoms. The van der Waals surface area contributed by atoms with Crippen LogP contribution in [0.15, 0.2) is 36.4 Å². The van der Waals surface area contributed by atoms with E-state index in [2.05, 4.69) is 5.32 Å². The zero-order valence-corrected chi connectivity index (χ0v) is 12.9. The number of nitrogens with zero attached hydrogens (tertiary/aromatic N) is 1. The van der Waals surface area contributed by atoms with Gasteiger partial charge in [-0.1, -0.05) is 6.07 Å². The van der Waals surface area contributed by atoms with Gasteiger partial charge in [0.2, 0.25) is 5.91 Å². The molecule has 2 aromatic rings. The van der Waals surface area contributed by atoms with Crippen LogP contribution in [0.3, 0.4) is 0 Å². The molecule has 0 aliphatic carbocycles. The molecular weight excluding hydrogens is 321 g/mol. The standard InChI is InChI=1S/C17H13F3N2O2/c1-10-8-13(17(18,19)20)6-7-15(10)24-16-12(9-21)4-3-5-14(16)22-11(2)23/h3-8H,1-2H3,(H,22,23). The van der Waals surface area contributed by atoms with Crippen molar-refractivity contribution in [3.8, 4) is 17.6 Å². The van der Waals surface area contributed by atoms with Crippen molar-refractivity contribution in [2.45, 2.75) is 20.0 Å². The van der Waals surface area contributed by atoms with Crippen LogP contribution in [-0.2, 0) is 11.0 Å². The molecule has 1 amide bonds. The number of ether oxygens (including phenoxy) is 1. The van der Waals surface area contributed by atoms with Gasteiger partial charge >= 0.3 is 6.18 Å². The number of anilines is 1. The molecule has 124 valence electrons. The molecule has 0 aliphatic heterocycles. The van der Waals surface area contributed by atoms with Gasteiger partial charge in [0.25, 0.3) is 0 Å². The first-order valence-corrected chi connectivity index (χ1v) is 6.88. The summed E-state index contributed by atoms with van der Waals surface area (Å²) in [5.41, 5.74) is -0.115. The lowest BCUT2D eigenvalue weighted by Gasteiger charge is -2.15. The van der Waals surface area contributed by atoms with Crippen molar-refractivity contribution in [1.82, 2.24) is 0 Å². The highest BCUT2D eigenvalue weighted by molar-refractivity contribution is 5.91. The van der Waals surface area contributed by atoms with E-state index < -0.39 is 11.7 Å². The van der Waals surface area contributed by atoms with Gasteiger partial charge in [-0.25, -0.2) is 0 Å². The molecule has 0 unspecified atom stereocenters. The Morgan fingerprint density at radius 1 is 1.25 bits per heavy atom. The number of aryl methyl sites for hydroxylation is 1. The van der Waals surface area contributed by atoms with Gasteiger partial charge in [0.05, 0.1) is 16.8 Å². The molecule has 0 radical (unpaired) electrons. The van der Waals surface area contributed by atoms with Gasteiger partial charge in [0, 0.05) is 6.92 Å². The van der Waals surface area contributed by atoms with E-state index >= 15 is 0 Å². The second-order valence-electron chi connectivity index (χ2n) is 5.06. The van der Waals surface area contributed by atoms with E-state index in [1.165, 1.54) is 32.0 Å². The predicted octanol–water partition coefficient (Wildman–Crippen LogP) is 4.64. The van der Waals surface area contributed by atoms with E-state index in [1.807, 2.05) is 6.07 Å². The Balaban J connectivity index is 2.45.